The highest BCUT2D eigenvalue weighted by Gasteiger charge is 2.21. The monoisotopic (exact) mass is 630 g/mol. The van der Waals surface area contributed by atoms with Crippen LogP contribution in [-0.4, -0.2) is 54.1 Å². The number of rotatable bonds is 7. The van der Waals surface area contributed by atoms with E-state index in [-0.39, 0.29) is 24.0 Å². The molecule has 16 heteroatoms. The quantitative estimate of drug-likeness (QED) is 0.0688. The van der Waals surface area contributed by atoms with E-state index in [0.29, 0.717) is 28.0 Å². The summed E-state index contributed by atoms with van der Waals surface area (Å²) < 4.78 is 0. The number of hydrogen-bond donors (Lipinski definition) is 11. The van der Waals surface area contributed by atoms with E-state index >= 15 is 0 Å². The molecule has 3 aromatic heterocycles. The van der Waals surface area contributed by atoms with E-state index in [1.54, 1.807) is 18.3 Å². The number of carboxylic acids is 2. The smallest absolute Gasteiger partial charge is 0.320 e. The number of benzene rings is 3. The van der Waals surface area contributed by atoms with Gasteiger partial charge in [-0.05, 0) is 47.5 Å². The number of anilines is 4. The van der Waals surface area contributed by atoms with Gasteiger partial charge < -0.3 is 59.6 Å². The average Bonchev–Trinajstić information content (AvgIpc) is 3.76. The molecule has 0 aliphatic rings. The van der Waals surface area contributed by atoms with Gasteiger partial charge in [-0.1, -0.05) is 6.07 Å². The highest BCUT2D eigenvalue weighted by molar-refractivity contribution is 6.01. The minimum atomic E-state index is -1.14. The van der Waals surface area contributed by atoms with Crippen LogP contribution in [-0.2, 0) is 22.4 Å². The Hall–Kier alpha value is -6.26. The van der Waals surface area contributed by atoms with Crippen LogP contribution < -0.4 is 34.4 Å². The summed E-state index contributed by atoms with van der Waals surface area (Å²) in [4.78, 5) is 40.7. The highest BCUT2D eigenvalue weighted by atomic mass is 16.6. The fourth-order valence-electron chi connectivity index (χ4n) is 4.93. The first-order chi connectivity index (χ1) is 21.8. The zero-order valence-electron chi connectivity index (χ0n) is 24.4. The first-order valence-corrected chi connectivity index (χ1v) is 13.7. The van der Waals surface area contributed by atoms with Crippen molar-refractivity contribution in [1.82, 2.24) is 15.0 Å². The van der Waals surface area contributed by atoms with E-state index in [9.17, 15) is 19.7 Å². The first kappa shape index (κ1) is 32.6. The van der Waals surface area contributed by atoms with Gasteiger partial charge in [-0.15, -0.1) is 0 Å². The second kappa shape index (κ2) is 13.6. The Bertz CT molecular complexity index is 2050. The summed E-state index contributed by atoms with van der Waals surface area (Å²) in [5.74, 6) is -2.18. The van der Waals surface area contributed by atoms with Crippen molar-refractivity contribution in [2.75, 3.05) is 22.9 Å². The number of hydrogen-bond acceptors (Lipinski definition) is 10. The molecule has 240 valence electrons. The largest absolute Gasteiger partial charge is 0.480 e. The van der Waals surface area contributed by atoms with Gasteiger partial charge in [0.15, 0.2) is 0 Å². The van der Waals surface area contributed by atoms with Crippen molar-refractivity contribution in [2.24, 2.45) is 11.5 Å². The van der Waals surface area contributed by atoms with Gasteiger partial charge >= 0.3 is 11.9 Å². The maximum absolute atomic E-state index is 10.9. The molecule has 17 N–H and O–H groups in total. The Morgan fingerprint density at radius 1 is 0.717 bits per heavy atom. The van der Waals surface area contributed by atoms with Crippen molar-refractivity contribution in [3.05, 3.63) is 88.4 Å². The van der Waals surface area contributed by atoms with Crippen LogP contribution in [0.2, 0.25) is 0 Å². The SMILES string of the molecule is Nc1ccc(N)c2c(CC(N)C(=O)O)c[nH]c12.Nc1ccc([N+](=O)[O-])c2[nH]cc(CC(N)C(=O)O)c12.Nc1cccc2[nH]ccc12. The number of nitro benzene ring substituents is 1. The van der Waals surface area contributed by atoms with Crippen molar-refractivity contribution < 1.29 is 24.7 Å². The minimum absolute atomic E-state index is 0.0424. The average molecular weight is 631 g/mol. The van der Waals surface area contributed by atoms with Crippen molar-refractivity contribution in [3.63, 3.8) is 0 Å². The molecule has 2 unspecified atom stereocenters. The maximum Gasteiger partial charge on any atom is 0.320 e. The van der Waals surface area contributed by atoms with Gasteiger partial charge in [0.05, 0.1) is 16.1 Å². The molecular formula is C30H34N10O6. The third kappa shape index (κ3) is 6.93. The van der Waals surface area contributed by atoms with Crippen molar-refractivity contribution in [1.29, 1.82) is 0 Å². The molecular weight excluding hydrogens is 596 g/mol. The van der Waals surface area contributed by atoms with Crippen LogP contribution in [0.3, 0.4) is 0 Å². The molecule has 0 aliphatic carbocycles. The van der Waals surface area contributed by atoms with E-state index in [1.807, 2.05) is 30.5 Å². The molecule has 0 saturated heterocycles. The van der Waals surface area contributed by atoms with Gasteiger partial charge in [0.25, 0.3) is 5.69 Å². The van der Waals surface area contributed by atoms with Crippen LogP contribution in [0.5, 0.6) is 0 Å². The van der Waals surface area contributed by atoms with Crippen molar-refractivity contribution in [3.8, 4) is 0 Å². The third-order valence-electron chi connectivity index (χ3n) is 7.25. The van der Waals surface area contributed by atoms with Crippen LogP contribution in [0.25, 0.3) is 32.7 Å². The number of H-pyrrole nitrogens is 3. The molecule has 0 bridgehead atoms. The van der Waals surface area contributed by atoms with Gasteiger partial charge in [0.1, 0.15) is 17.6 Å². The fourth-order valence-corrected chi connectivity index (χ4v) is 4.93. The summed E-state index contributed by atoms with van der Waals surface area (Å²) in [5, 5.41) is 30.8. The Balaban J connectivity index is 0.000000163. The maximum atomic E-state index is 10.9. The first-order valence-electron chi connectivity index (χ1n) is 13.7. The van der Waals surface area contributed by atoms with Crippen LogP contribution in [0.4, 0.5) is 28.4 Å². The van der Waals surface area contributed by atoms with E-state index in [2.05, 4.69) is 15.0 Å². The summed E-state index contributed by atoms with van der Waals surface area (Å²) in [6.07, 6.45) is 5.34. The van der Waals surface area contributed by atoms with Crippen LogP contribution in [0.1, 0.15) is 11.1 Å². The molecule has 2 atom stereocenters. The molecule has 0 aliphatic heterocycles. The van der Waals surface area contributed by atoms with Gasteiger partial charge in [0, 0.05) is 76.2 Å². The standard InChI is InChI=1S/C11H12N4O4.C11H14N4O2.C8H8N2/c12-6-1-2-8(15(18)19)10-9(6)5(4-14-10)3-7(13)11(16)17;12-6-1-2-7(13)10-9(6)5(4-15-10)3-8(14)11(16)17;9-7-2-1-3-8-6(7)4-5-10-8/h1-2,4,7,14H,3,12-13H2,(H,16,17);1-2,4,8,15H,3,12-14H2,(H,16,17);1-5,10H,9H2. The summed E-state index contributed by atoms with van der Waals surface area (Å²) >= 11 is 0. The van der Waals surface area contributed by atoms with Crippen LogP contribution in [0, 0.1) is 10.1 Å². The lowest BCUT2D eigenvalue weighted by molar-refractivity contribution is -0.383. The molecule has 46 heavy (non-hydrogen) atoms. The number of nitrogens with two attached hydrogens (primary N) is 6. The number of nitrogens with one attached hydrogen (secondary N) is 3. The van der Waals surface area contributed by atoms with Crippen molar-refractivity contribution in [2.45, 2.75) is 24.9 Å². The number of fused-ring (bicyclic) bond motifs is 3. The zero-order chi connectivity index (χ0) is 33.7. The predicted molar refractivity (Wildman–Crippen MR) is 178 cm³/mol. The van der Waals surface area contributed by atoms with Crippen LogP contribution in [0.15, 0.2) is 67.1 Å². The normalized spacial score (nSPS) is 12.1. The molecule has 3 aromatic carbocycles. The number of aromatic amines is 3. The van der Waals surface area contributed by atoms with Crippen molar-refractivity contribution >= 4 is 73.1 Å². The number of nitro groups is 1. The Labute approximate surface area is 260 Å². The number of carbonyl (C=O) groups is 2. The molecule has 0 radical (unpaired) electrons. The highest BCUT2D eigenvalue weighted by Crippen LogP contribution is 2.32. The topological polar surface area (TPSA) is 321 Å². The van der Waals surface area contributed by atoms with E-state index < -0.39 is 28.9 Å². The molecule has 0 spiro atoms. The van der Waals surface area contributed by atoms with Gasteiger partial charge in [-0.3, -0.25) is 19.7 Å². The Morgan fingerprint density at radius 2 is 1.24 bits per heavy atom. The molecule has 16 nitrogen and oxygen atoms in total. The fraction of sp³-hybridized carbons (Fsp3) is 0.133. The molecule has 6 rings (SSSR count). The molecule has 6 aromatic rings. The third-order valence-corrected chi connectivity index (χ3v) is 7.25. The van der Waals surface area contributed by atoms with E-state index in [0.717, 1.165) is 33.1 Å². The molecule has 0 saturated carbocycles. The summed E-state index contributed by atoms with van der Waals surface area (Å²) in [6, 6.07) is 11.9. The summed E-state index contributed by atoms with van der Waals surface area (Å²) in [5.41, 5.74) is 39.7. The summed E-state index contributed by atoms with van der Waals surface area (Å²) in [7, 11) is 0. The molecule has 3 heterocycles. The zero-order valence-corrected chi connectivity index (χ0v) is 24.4. The molecule has 0 fully saturated rings. The van der Waals surface area contributed by atoms with Gasteiger partial charge in [0.2, 0.25) is 0 Å². The predicted octanol–water partition coefficient (Wildman–Crippen LogP) is 2.65. The van der Waals surface area contributed by atoms with Gasteiger partial charge in [-0.25, -0.2) is 0 Å². The number of nitrogens with zero attached hydrogens (tertiary/aromatic N) is 1. The number of aliphatic carboxylic acids is 2. The van der Waals surface area contributed by atoms with Gasteiger partial charge in [-0.2, -0.15) is 0 Å². The molecule has 0 amide bonds. The van der Waals surface area contributed by atoms with E-state index in [1.165, 1.54) is 18.3 Å². The second-order valence-electron chi connectivity index (χ2n) is 10.4. The summed E-state index contributed by atoms with van der Waals surface area (Å²) in [6.45, 7) is 0. The number of aromatic nitrogens is 3. The minimum Gasteiger partial charge on any atom is -0.480 e. The second-order valence-corrected chi connectivity index (χ2v) is 10.4. The Morgan fingerprint density at radius 3 is 1.78 bits per heavy atom. The number of nitrogen functional groups attached to an aromatic ring is 4. The lowest BCUT2D eigenvalue weighted by Gasteiger charge is -2.06. The lowest BCUT2D eigenvalue weighted by atomic mass is 10.0. The van der Waals surface area contributed by atoms with E-state index in [4.69, 9.17) is 44.6 Å². The Kier molecular flexibility index (Phi) is 9.64. The number of carboxylic acid groups (broad SMARTS) is 2. The number of non-ortho nitro benzene ring substituents is 1. The lowest BCUT2D eigenvalue weighted by Crippen LogP contribution is -2.32. The van der Waals surface area contributed by atoms with Crippen LogP contribution >= 0.6 is 0 Å².